The van der Waals surface area contributed by atoms with E-state index < -0.39 is 0 Å². The lowest BCUT2D eigenvalue weighted by Crippen LogP contribution is -2.33. The highest BCUT2D eigenvalue weighted by molar-refractivity contribution is 5.75. The number of benzene rings is 1. The van der Waals surface area contributed by atoms with Crippen molar-refractivity contribution in [1.29, 1.82) is 0 Å². The number of amides is 1. The van der Waals surface area contributed by atoms with Crippen molar-refractivity contribution in [3.05, 3.63) is 76.8 Å². The lowest BCUT2D eigenvalue weighted by molar-refractivity contribution is -0.122. The second kappa shape index (κ2) is 8.06. The Hall–Kier alpha value is -3.48. The molecular weight excluding hydrogens is 332 g/mol. The first-order valence-electron chi connectivity index (χ1n) is 8.05. The molecule has 2 heterocycles. The molecule has 7 nitrogen and oxygen atoms in total. The molecule has 0 spiro atoms. The van der Waals surface area contributed by atoms with Crippen LogP contribution in [-0.2, 0) is 17.9 Å². The maximum absolute atomic E-state index is 12.1. The van der Waals surface area contributed by atoms with Crippen molar-refractivity contribution >= 4 is 5.91 Å². The second-order valence-electron chi connectivity index (χ2n) is 5.54. The number of hydrogen-bond donors (Lipinski definition) is 1. The highest BCUT2D eigenvalue weighted by Crippen LogP contribution is 2.19. The van der Waals surface area contributed by atoms with Crippen molar-refractivity contribution in [2.24, 2.45) is 0 Å². The number of hydrogen-bond acceptors (Lipinski definition) is 5. The van der Waals surface area contributed by atoms with Crippen LogP contribution in [0.4, 0.5) is 0 Å². The Labute approximate surface area is 150 Å². The third-order valence-corrected chi connectivity index (χ3v) is 3.74. The van der Waals surface area contributed by atoms with Gasteiger partial charge in [-0.25, -0.2) is 4.68 Å². The van der Waals surface area contributed by atoms with Gasteiger partial charge in [-0.2, -0.15) is 5.10 Å². The van der Waals surface area contributed by atoms with Crippen LogP contribution in [0.5, 0.6) is 5.75 Å². The van der Waals surface area contributed by atoms with E-state index >= 15 is 0 Å². The van der Waals surface area contributed by atoms with Gasteiger partial charge in [0.2, 0.25) is 5.91 Å². The van der Waals surface area contributed by atoms with E-state index in [1.807, 2.05) is 36.4 Å². The number of ether oxygens (including phenoxy) is 1. The van der Waals surface area contributed by atoms with E-state index in [0.29, 0.717) is 12.2 Å². The molecule has 0 unspecified atom stereocenters. The van der Waals surface area contributed by atoms with Crippen LogP contribution >= 0.6 is 0 Å². The highest BCUT2D eigenvalue weighted by Gasteiger charge is 2.08. The zero-order valence-corrected chi connectivity index (χ0v) is 14.3. The van der Waals surface area contributed by atoms with E-state index in [1.54, 1.807) is 25.4 Å². The maximum atomic E-state index is 12.1. The summed E-state index contributed by atoms with van der Waals surface area (Å²) in [6.45, 7) is 0.141. The molecule has 0 radical (unpaired) electrons. The number of aromatic nitrogens is 3. The molecule has 0 fully saturated rings. The van der Waals surface area contributed by atoms with Gasteiger partial charge < -0.3 is 10.1 Å². The standard InChI is InChI=1S/C19H18N4O3/c1-26-16-7-5-14(6-8-16)17-9-10-19(25)23(22-17)13-18(24)21-12-15-4-2-3-11-20-15/h2-11H,12-13H2,1H3,(H,21,24). The number of methoxy groups -OCH3 is 1. The van der Waals surface area contributed by atoms with Crippen LogP contribution in [0.15, 0.2) is 65.6 Å². The zero-order valence-electron chi connectivity index (χ0n) is 14.3. The van der Waals surface area contributed by atoms with E-state index in [4.69, 9.17) is 4.74 Å². The molecule has 3 rings (SSSR count). The molecule has 0 atom stereocenters. The van der Waals surface area contributed by atoms with Crippen LogP contribution in [0.2, 0.25) is 0 Å². The first-order chi connectivity index (χ1) is 12.7. The molecule has 0 aliphatic rings. The van der Waals surface area contributed by atoms with Crippen LogP contribution in [-0.4, -0.2) is 27.8 Å². The third kappa shape index (κ3) is 4.32. The van der Waals surface area contributed by atoms with Crippen molar-refractivity contribution < 1.29 is 9.53 Å². The zero-order chi connectivity index (χ0) is 18.4. The van der Waals surface area contributed by atoms with Gasteiger partial charge in [0.15, 0.2) is 0 Å². The van der Waals surface area contributed by atoms with E-state index in [1.165, 1.54) is 6.07 Å². The lowest BCUT2D eigenvalue weighted by atomic mass is 10.1. The van der Waals surface area contributed by atoms with E-state index in [9.17, 15) is 9.59 Å². The first-order valence-corrected chi connectivity index (χ1v) is 8.05. The molecule has 0 saturated carbocycles. The SMILES string of the molecule is COc1ccc(-c2ccc(=O)n(CC(=O)NCc3ccccn3)n2)cc1. The smallest absolute Gasteiger partial charge is 0.267 e. The fraction of sp³-hybridized carbons (Fsp3) is 0.158. The first kappa shape index (κ1) is 17.3. The van der Waals surface area contributed by atoms with E-state index in [2.05, 4.69) is 15.4 Å². The summed E-state index contributed by atoms with van der Waals surface area (Å²) in [6, 6.07) is 15.8. The van der Waals surface area contributed by atoms with Crippen molar-refractivity contribution in [2.45, 2.75) is 13.1 Å². The summed E-state index contributed by atoms with van der Waals surface area (Å²) in [5.41, 5.74) is 1.83. The fourth-order valence-corrected chi connectivity index (χ4v) is 2.36. The van der Waals surface area contributed by atoms with E-state index in [-0.39, 0.29) is 18.0 Å². The van der Waals surface area contributed by atoms with Crippen molar-refractivity contribution in [1.82, 2.24) is 20.1 Å². The summed E-state index contributed by atoms with van der Waals surface area (Å²) < 4.78 is 6.28. The fourth-order valence-electron chi connectivity index (χ4n) is 2.36. The monoisotopic (exact) mass is 350 g/mol. The summed E-state index contributed by atoms with van der Waals surface area (Å²) in [5, 5.41) is 7.01. The molecule has 26 heavy (non-hydrogen) atoms. The molecule has 1 aromatic carbocycles. The number of nitrogens with one attached hydrogen (secondary N) is 1. The Bertz CT molecular complexity index is 937. The van der Waals surface area contributed by atoms with Crippen LogP contribution in [0.25, 0.3) is 11.3 Å². The Morgan fingerprint density at radius 3 is 2.62 bits per heavy atom. The van der Waals surface area contributed by atoms with Gasteiger partial charge >= 0.3 is 0 Å². The molecule has 0 saturated heterocycles. The third-order valence-electron chi connectivity index (χ3n) is 3.74. The second-order valence-corrected chi connectivity index (χ2v) is 5.54. The summed E-state index contributed by atoms with van der Waals surface area (Å²) in [6.07, 6.45) is 1.66. The summed E-state index contributed by atoms with van der Waals surface area (Å²) in [5.74, 6) is 0.424. The normalized spacial score (nSPS) is 10.3. The van der Waals surface area contributed by atoms with Gasteiger partial charge in [0, 0.05) is 17.8 Å². The van der Waals surface area contributed by atoms with Crippen molar-refractivity contribution in [3.8, 4) is 17.0 Å². The van der Waals surface area contributed by atoms with Gasteiger partial charge in [-0.1, -0.05) is 6.07 Å². The number of carbonyl (C=O) groups is 1. The minimum atomic E-state index is -0.338. The Morgan fingerprint density at radius 1 is 1.12 bits per heavy atom. The maximum Gasteiger partial charge on any atom is 0.267 e. The minimum Gasteiger partial charge on any atom is -0.497 e. The molecule has 3 aromatic rings. The molecule has 1 N–H and O–H groups in total. The van der Waals surface area contributed by atoms with Crippen molar-refractivity contribution in [3.63, 3.8) is 0 Å². The molecule has 2 aromatic heterocycles. The van der Waals surface area contributed by atoms with Crippen LogP contribution in [0, 0.1) is 0 Å². The largest absolute Gasteiger partial charge is 0.497 e. The Balaban J connectivity index is 1.71. The molecule has 7 heteroatoms. The molecule has 132 valence electrons. The lowest BCUT2D eigenvalue weighted by Gasteiger charge is -2.08. The van der Waals surface area contributed by atoms with Crippen LogP contribution in [0.1, 0.15) is 5.69 Å². The predicted molar refractivity (Wildman–Crippen MR) is 96.6 cm³/mol. The topological polar surface area (TPSA) is 86.1 Å². The summed E-state index contributed by atoms with van der Waals surface area (Å²) in [7, 11) is 1.59. The van der Waals surface area contributed by atoms with Gasteiger partial charge in [-0.15, -0.1) is 0 Å². The number of carbonyl (C=O) groups excluding carboxylic acids is 1. The minimum absolute atomic E-state index is 0.157. The Morgan fingerprint density at radius 2 is 1.92 bits per heavy atom. The highest BCUT2D eigenvalue weighted by atomic mass is 16.5. The van der Waals surface area contributed by atoms with Gasteiger partial charge in [0.1, 0.15) is 12.3 Å². The van der Waals surface area contributed by atoms with E-state index in [0.717, 1.165) is 21.7 Å². The number of pyridine rings is 1. The van der Waals surface area contributed by atoms with Crippen molar-refractivity contribution in [2.75, 3.05) is 7.11 Å². The molecule has 0 aliphatic carbocycles. The average molecular weight is 350 g/mol. The molecule has 0 bridgehead atoms. The Kier molecular flexibility index (Phi) is 5.38. The number of nitrogens with zero attached hydrogens (tertiary/aromatic N) is 3. The van der Waals surface area contributed by atoms with Gasteiger partial charge in [-0.3, -0.25) is 14.6 Å². The van der Waals surface area contributed by atoms with Gasteiger partial charge in [0.25, 0.3) is 5.56 Å². The average Bonchev–Trinajstić information content (AvgIpc) is 2.69. The molecule has 0 aliphatic heterocycles. The van der Waals surface area contributed by atoms with Crippen LogP contribution < -0.4 is 15.6 Å². The number of rotatable bonds is 6. The van der Waals surface area contributed by atoms with Crippen LogP contribution in [0.3, 0.4) is 0 Å². The summed E-state index contributed by atoms with van der Waals surface area (Å²) in [4.78, 5) is 28.2. The van der Waals surface area contributed by atoms with Gasteiger partial charge in [0.05, 0.1) is 25.0 Å². The van der Waals surface area contributed by atoms with Gasteiger partial charge in [-0.05, 0) is 42.5 Å². The quantitative estimate of drug-likeness (QED) is 0.730. The molecular formula is C19H18N4O3. The predicted octanol–water partition coefficient (Wildman–Crippen LogP) is 1.63. The molecule has 1 amide bonds. The summed E-state index contributed by atoms with van der Waals surface area (Å²) >= 11 is 0.